The van der Waals surface area contributed by atoms with E-state index in [1.807, 2.05) is 4.57 Å². The summed E-state index contributed by atoms with van der Waals surface area (Å²) in [5, 5.41) is 15.1. The van der Waals surface area contributed by atoms with Crippen molar-refractivity contribution in [2.75, 3.05) is 20.0 Å². The summed E-state index contributed by atoms with van der Waals surface area (Å²) in [5.74, 6) is 2.10. The Balaban J connectivity index is 1.59. The van der Waals surface area contributed by atoms with Crippen molar-refractivity contribution in [2.45, 2.75) is 56.9 Å². The molecule has 3 rings (SSSR count). The third kappa shape index (κ3) is 6.53. The fourth-order valence-corrected chi connectivity index (χ4v) is 4.79. The summed E-state index contributed by atoms with van der Waals surface area (Å²) in [6.45, 7) is 6.65. The average molecular weight is 488 g/mol. The highest BCUT2D eigenvalue weighted by Gasteiger charge is 2.23. The molecule has 2 amide bonds. The van der Waals surface area contributed by atoms with Crippen LogP contribution in [0.5, 0.6) is 11.5 Å². The molecule has 2 N–H and O–H groups in total. The standard InChI is InChI=1S/C24H33N5O4S/c1-5-12-29-21(14-25-23(31)17-10-11-19(32-3)20(13-17)33-4)27-28-24(29)34-15-22(30)26-18-9-7-6-8-16(18)2/h5,10-11,13,16,18H,1,6-9,12,14-15H2,2-4H3,(H,25,31)(H,26,30)/t16-,18-/m0/s1. The Bertz CT molecular complexity index is 1010. The van der Waals surface area contributed by atoms with Gasteiger partial charge in [-0.05, 0) is 37.0 Å². The van der Waals surface area contributed by atoms with Gasteiger partial charge in [0.05, 0.1) is 26.5 Å². The topological polar surface area (TPSA) is 107 Å². The molecular formula is C24H33N5O4S. The van der Waals surface area contributed by atoms with Gasteiger partial charge in [0.1, 0.15) is 0 Å². The van der Waals surface area contributed by atoms with Crippen LogP contribution in [0.1, 0.15) is 48.8 Å². The van der Waals surface area contributed by atoms with Crippen LogP contribution >= 0.6 is 11.8 Å². The molecule has 2 aromatic rings. The predicted molar refractivity (Wildman–Crippen MR) is 131 cm³/mol. The molecule has 1 aromatic carbocycles. The molecule has 0 bridgehead atoms. The van der Waals surface area contributed by atoms with Crippen molar-refractivity contribution >= 4 is 23.6 Å². The van der Waals surface area contributed by atoms with E-state index in [2.05, 4.69) is 34.3 Å². The second-order valence-electron chi connectivity index (χ2n) is 8.27. The fraction of sp³-hybridized carbons (Fsp3) is 0.500. The Kier molecular flexibility index (Phi) is 9.38. The molecule has 0 saturated heterocycles. The zero-order chi connectivity index (χ0) is 24.5. The van der Waals surface area contributed by atoms with E-state index in [9.17, 15) is 9.59 Å². The summed E-state index contributed by atoms with van der Waals surface area (Å²) in [6.07, 6.45) is 6.32. The highest BCUT2D eigenvalue weighted by molar-refractivity contribution is 7.99. The molecule has 0 radical (unpaired) electrons. The second-order valence-corrected chi connectivity index (χ2v) is 9.22. The number of rotatable bonds is 11. The zero-order valence-corrected chi connectivity index (χ0v) is 20.8. The van der Waals surface area contributed by atoms with E-state index in [0.29, 0.717) is 40.5 Å². The average Bonchev–Trinajstić information content (AvgIpc) is 3.23. The first kappa shape index (κ1) is 25.6. The molecule has 0 aliphatic heterocycles. The lowest BCUT2D eigenvalue weighted by Gasteiger charge is -2.29. The SMILES string of the molecule is C=CCn1c(CNC(=O)c2ccc(OC)c(OC)c2)nnc1SCC(=O)N[C@H]1CCCC[C@@H]1C. The van der Waals surface area contributed by atoms with E-state index in [1.54, 1.807) is 31.4 Å². The molecule has 1 aliphatic carbocycles. The number of methoxy groups -OCH3 is 2. The van der Waals surface area contributed by atoms with Crippen molar-refractivity contribution in [1.29, 1.82) is 0 Å². The van der Waals surface area contributed by atoms with Crippen LogP contribution in [0, 0.1) is 5.92 Å². The molecule has 34 heavy (non-hydrogen) atoms. The molecule has 1 aromatic heterocycles. The van der Waals surface area contributed by atoms with E-state index in [1.165, 1.54) is 25.3 Å². The number of benzene rings is 1. The molecule has 0 spiro atoms. The Morgan fingerprint density at radius 2 is 1.97 bits per heavy atom. The fourth-order valence-electron chi connectivity index (χ4n) is 4.02. The van der Waals surface area contributed by atoms with Crippen molar-refractivity contribution in [3.63, 3.8) is 0 Å². The summed E-state index contributed by atoms with van der Waals surface area (Å²) < 4.78 is 12.3. The van der Waals surface area contributed by atoms with Gasteiger partial charge in [-0.25, -0.2) is 0 Å². The van der Waals surface area contributed by atoms with Gasteiger partial charge in [-0.15, -0.1) is 16.8 Å². The predicted octanol–water partition coefficient (Wildman–Crippen LogP) is 3.20. The maximum atomic E-state index is 12.6. The first-order chi connectivity index (χ1) is 16.5. The first-order valence-corrected chi connectivity index (χ1v) is 12.4. The normalized spacial score (nSPS) is 17.6. The summed E-state index contributed by atoms with van der Waals surface area (Å²) in [5.41, 5.74) is 0.440. The van der Waals surface area contributed by atoms with Gasteiger partial charge in [0.25, 0.3) is 5.91 Å². The van der Waals surface area contributed by atoms with Gasteiger partial charge in [0.2, 0.25) is 5.91 Å². The molecule has 1 fully saturated rings. The van der Waals surface area contributed by atoms with Gasteiger partial charge >= 0.3 is 0 Å². The number of hydrogen-bond acceptors (Lipinski definition) is 7. The van der Waals surface area contributed by atoms with Gasteiger partial charge in [-0.2, -0.15) is 0 Å². The van der Waals surface area contributed by atoms with Crippen molar-refractivity contribution in [2.24, 2.45) is 5.92 Å². The summed E-state index contributed by atoms with van der Waals surface area (Å²) >= 11 is 1.33. The molecule has 1 saturated carbocycles. The van der Waals surface area contributed by atoms with Gasteiger partial charge in [0.15, 0.2) is 22.5 Å². The summed E-state index contributed by atoms with van der Waals surface area (Å²) in [4.78, 5) is 25.1. The van der Waals surface area contributed by atoms with Crippen molar-refractivity contribution in [1.82, 2.24) is 25.4 Å². The van der Waals surface area contributed by atoms with Gasteiger partial charge in [0, 0.05) is 18.2 Å². The van der Waals surface area contributed by atoms with E-state index in [4.69, 9.17) is 9.47 Å². The van der Waals surface area contributed by atoms with E-state index >= 15 is 0 Å². The van der Waals surface area contributed by atoms with Crippen LogP contribution in [0.25, 0.3) is 0 Å². The third-order valence-electron chi connectivity index (χ3n) is 5.95. The lowest BCUT2D eigenvalue weighted by molar-refractivity contribution is -0.119. The van der Waals surface area contributed by atoms with Crippen molar-refractivity contribution < 1.29 is 19.1 Å². The number of carbonyl (C=O) groups excluding carboxylic acids is 2. The Morgan fingerprint density at radius 1 is 1.21 bits per heavy atom. The molecular weight excluding hydrogens is 454 g/mol. The number of hydrogen-bond donors (Lipinski definition) is 2. The number of aromatic nitrogens is 3. The largest absolute Gasteiger partial charge is 0.493 e. The van der Waals surface area contributed by atoms with Crippen molar-refractivity contribution in [3.05, 3.63) is 42.2 Å². The molecule has 184 valence electrons. The number of ether oxygens (including phenoxy) is 2. The minimum Gasteiger partial charge on any atom is -0.493 e. The van der Waals surface area contributed by atoms with E-state index < -0.39 is 0 Å². The van der Waals surface area contributed by atoms with E-state index in [-0.39, 0.29) is 30.2 Å². The van der Waals surface area contributed by atoms with Crippen molar-refractivity contribution in [3.8, 4) is 11.5 Å². The van der Waals surface area contributed by atoms with E-state index in [0.717, 1.165) is 19.3 Å². The minimum atomic E-state index is -0.274. The molecule has 2 atom stereocenters. The van der Waals surface area contributed by atoms with Crippen LogP contribution in [0.15, 0.2) is 36.0 Å². The van der Waals surface area contributed by atoms with Crippen LogP contribution in [-0.2, 0) is 17.9 Å². The monoisotopic (exact) mass is 487 g/mol. The number of thioether (sulfide) groups is 1. The van der Waals surface area contributed by atoms with Crippen LogP contribution in [0.4, 0.5) is 0 Å². The maximum Gasteiger partial charge on any atom is 0.251 e. The number of amides is 2. The third-order valence-corrected chi connectivity index (χ3v) is 6.91. The second kappa shape index (κ2) is 12.5. The Morgan fingerprint density at radius 3 is 2.68 bits per heavy atom. The van der Waals surface area contributed by atoms with Crippen LogP contribution in [-0.4, -0.2) is 52.6 Å². The van der Waals surface area contributed by atoms with Gasteiger partial charge in [-0.3, -0.25) is 9.59 Å². The number of nitrogens with zero attached hydrogens (tertiary/aromatic N) is 3. The summed E-state index contributed by atoms with van der Waals surface area (Å²) in [6, 6.07) is 5.21. The first-order valence-electron chi connectivity index (χ1n) is 11.4. The Labute approximate surface area is 204 Å². The highest BCUT2D eigenvalue weighted by Crippen LogP contribution is 2.27. The van der Waals surface area contributed by atoms with Crippen LogP contribution in [0.3, 0.4) is 0 Å². The molecule has 1 heterocycles. The minimum absolute atomic E-state index is 0.000193. The number of nitrogens with one attached hydrogen (secondary N) is 2. The van der Waals surface area contributed by atoms with Gasteiger partial charge < -0.3 is 24.7 Å². The van der Waals surface area contributed by atoms with Crippen LogP contribution in [0.2, 0.25) is 0 Å². The van der Waals surface area contributed by atoms with Crippen LogP contribution < -0.4 is 20.1 Å². The summed E-state index contributed by atoms with van der Waals surface area (Å²) in [7, 11) is 3.06. The molecule has 9 nitrogen and oxygen atoms in total. The molecule has 1 aliphatic rings. The molecule has 10 heteroatoms. The highest BCUT2D eigenvalue weighted by atomic mass is 32.2. The lowest BCUT2D eigenvalue weighted by Crippen LogP contribution is -2.41. The Hall–Kier alpha value is -3.01. The maximum absolute atomic E-state index is 12.6. The number of carbonyl (C=O) groups is 2. The lowest BCUT2D eigenvalue weighted by atomic mass is 9.86. The smallest absolute Gasteiger partial charge is 0.251 e. The van der Waals surface area contributed by atoms with Gasteiger partial charge in [-0.1, -0.05) is 37.6 Å². The molecule has 0 unspecified atom stereocenters. The quantitative estimate of drug-likeness (QED) is 0.370. The zero-order valence-electron chi connectivity index (χ0n) is 20.0. The number of allylic oxidation sites excluding steroid dienone is 1.